The van der Waals surface area contributed by atoms with E-state index in [4.69, 9.17) is 9.15 Å². The molecule has 0 fully saturated rings. The summed E-state index contributed by atoms with van der Waals surface area (Å²) >= 11 is 0. The van der Waals surface area contributed by atoms with Crippen molar-refractivity contribution >= 4 is 26.8 Å². The molecule has 24 heavy (non-hydrogen) atoms. The molecule has 0 radical (unpaired) electrons. The summed E-state index contributed by atoms with van der Waals surface area (Å²) in [6, 6.07) is 11.1. The van der Waals surface area contributed by atoms with Crippen LogP contribution in [0.15, 0.2) is 56.6 Å². The molecule has 0 aliphatic heterocycles. The van der Waals surface area contributed by atoms with Gasteiger partial charge in [-0.2, -0.15) is 0 Å². The Morgan fingerprint density at radius 2 is 1.92 bits per heavy atom. The van der Waals surface area contributed by atoms with Gasteiger partial charge in [0, 0.05) is 26.2 Å². The lowest BCUT2D eigenvalue weighted by Gasteiger charge is -2.20. The van der Waals surface area contributed by atoms with Gasteiger partial charge in [-0.05, 0) is 24.3 Å². The van der Waals surface area contributed by atoms with E-state index in [2.05, 4.69) is 0 Å². The topological polar surface area (TPSA) is 81.8 Å². The smallest absolute Gasteiger partial charge is 0.419 e. The predicted octanol–water partition coefficient (Wildman–Crippen LogP) is 1.97. The van der Waals surface area contributed by atoms with E-state index < -0.39 is 15.8 Å². The predicted molar refractivity (Wildman–Crippen MR) is 90.0 cm³/mol. The first-order valence-corrected chi connectivity index (χ1v) is 8.51. The van der Waals surface area contributed by atoms with Crippen LogP contribution in [0.2, 0.25) is 0 Å². The number of ether oxygens (including phenoxy) is 1. The molecule has 0 bridgehead atoms. The van der Waals surface area contributed by atoms with Gasteiger partial charge in [0.2, 0.25) is 0 Å². The highest BCUT2D eigenvalue weighted by Crippen LogP contribution is 2.27. The molecule has 1 aromatic heterocycles. The van der Waals surface area contributed by atoms with Gasteiger partial charge in [-0.15, -0.1) is 0 Å². The number of nitrogens with zero attached hydrogens (tertiary/aromatic N) is 2. The lowest BCUT2D eigenvalue weighted by molar-refractivity contribution is 0.415. The number of aromatic nitrogens is 1. The third kappa shape index (κ3) is 2.54. The molecular weight excluding hydrogens is 332 g/mol. The largest absolute Gasteiger partial charge is 0.497 e. The van der Waals surface area contributed by atoms with Crippen molar-refractivity contribution < 1.29 is 17.6 Å². The zero-order valence-electron chi connectivity index (χ0n) is 13.4. The monoisotopic (exact) mass is 348 g/mol. The van der Waals surface area contributed by atoms with E-state index in [0.29, 0.717) is 17.0 Å². The average Bonchev–Trinajstić information content (AvgIpc) is 2.88. The molecule has 0 amide bonds. The fourth-order valence-electron chi connectivity index (χ4n) is 2.38. The molecule has 8 heteroatoms. The molecule has 0 saturated carbocycles. The number of hydrogen-bond donors (Lipinski definition) is 0. The van der Waals surface area contributed by atoms with E-state index in [-0.39, 0.29) is 10.5 Å². The van der Waals surface area contributed by atoms with Crippen LogP contribution in [0.3, 0.4) is 0 Å². The lowest BCUT2D eigenvalue weighted by atomic mass is 10.3. The van der Waals surface area contributed by atoms with Crippen LogP contribution in [0, 0.1) is 0 Å². The molecule has 0 N–H and O–H groups in total. The first-order chi connectivity index (χ1) is 11.3. The second-order valence-corrected chi connectivity index (χ2v) is 7.20. The Labute approximate surface area is 138 Å². The van der Waals surface area contributed by atoms with Crippen LogP contribution < -0.4 is 14.8 Å². The maximum atomic E-state index is 12.8. The summed E-state index contributed by atoms with van der Waals surface area (Å²) in [5.74, 6) is 0.0137. The highest BCUT2D eigenvalue weighted by Gasteiger charge is 2.23. The maximum Gasteiger partial charge on any atom is 0.419 e. The average molecular weight is 348 g/mol. The van der Waals surface area contributed by atoms with Crippen LogP contribution in [0.4, 0.5) is 5.69 Å². The summed E-state index contributed by atoms with van der Waals surface area (Å²) in [6.45, 7) is 0. The number of oxazole rings is 1. The maximum absolute atomic E-state index is 12.8. The molecule has 3 aromatic rings. The highest BCUT2D eigenvalue weighted by molar-refractivity contribution is 7.92. The second kappa shape index (κ2) is 5.72. The van der Waals surface area contributed by atoms with E-state index in [1.165, 1.54) is 30.9 Å². The quantitative estimate of drug-likeness (QED) is 0.720. The normalized spacial score (nSPS) is 11.6. The summed E-state index contributed by atoms with van der Waals surface area (Å²) < 4.78 is 38.3. The van der Waals surface area contributed by atoms with Gasteiger partial charge in [-0.3, -0.25) is 8.87 Å². The van der Waals surface area contributed by atoms with Crippen molar-refractivity contribution in [3.05, 3.63) is 53.0 Å². The van der Waals surface area contributed by atoms with Crippen LogP contribution in [0.25, 0.3) is 11.1 Å². The molecule has 7 nitrogen and oxygen atoms in total. The minimum Gasteiger partial charge on any atom is -0.497 e. The summed E-state index contributed by atoms with van der Waals surface area (Å²) in [4.78, 5) is 11.6. The summed E-state index contributed by atoms with van der Waals surface area (Å²) in [7, 11) is 0.721. The van der Waals surface area contributed by atoms with Gasteiger partial charge in [0.25, 0.3) is 10.0 Å². The Bertz CT molecular complexity index is 1070. The van der Waals surface area contributed by atoms with Gasteiger partial charge in [0.1, 0.15) is 5.75 Å². The van der Waals surface area contributed by atoms with Crippen LogP contribution in [-0.2, 0) is 17.1 Å². The van der Waals surface area contributed by atoms with E-state index in [0.717, 1.165) is 4.31 Å². The SMILES string of the molecule is COc1cccc(N(C)S(=O)(=O)c2ccc3c(c2)oc(=O)n3C)c1. The van der Waals surface area contributed by atoms with E-state index in [9.17, 15) is 13.2 Å². The molecule has 2 aromatic carbocycles. The van der Waals surface area contributed by atoms with Crippen molar-refractivity contribution in [3.8, 4) is 5.75 Å². The Balaban J connectivity index is 2.07. The summed E-state index contributed by atoms with van der Waals surface area (Å²) in [6.07, 6.45) is 0. The van der Waals surface area contributed by atoms with E-state index in [1.54, 1.807) is 37.4 Å². The van der Waals surface area contributed by atoms with Crippen LogP contribution in [0.5, 0.6) is 5.75 Å². The number of hydrogen-bond acceptors (Lipinski definition) is 5. The fourth-order valence-corrected chi connectivity index (χ4v) is 3.58. The van der Waals surface area contributed by atoms with Crippen molar-refractivity contribution in [2.75, 3.05) is 18.5 Å². The number of anilines is 1. The number of aryl methyl sites for hydroxylation is 1. The van der Waals surface area contributed by atoms with Gasteiger partial charge in [-0.25, -0.2) is 13.2 Å². The van der Waals surface area contributed by atoms with E-state index >= 15 is 0 Å². The molecule has 3 rings (SSSR count). The number of fused-ring (bicyclic) bond motifs is 1. The number of benzene rings is 2. The van der Waals surface area contributed by atoms with Gasteiger partial charge < -0.3 is 9.15 Å². The fraction of sp³-hybridized carbons (Fsp3) is 0.188. The van der Waals surface area contributed by atoms with Crippen molar-refractivity contribution in [2.45, 2.75) is 4.90 Å². The lowest BCUT2D eigenvalue weighted by Crippen LogP contribution is -2.26. The molecule has 1 heterocycles. The van der Waals surface area contributed by atoms with Gasteiger partial charge in [-0.1, -0.05) is 6.07 Å². The Morgan fingerprint density at radius 1 is 1.17 bits per heavy atom. The minimum absolute atomic E-state index is 0.0367. The van der Waals surface area contributed by atoms with Crippen LogP contribution >= 0.6 is 0 Å². The third-order valence-electron chi connectivity index (χ3n) is 3.84. The molecule has 126 valence electrons. The minimum atomic E-state index is -3.81. The molecule has 0 atom stereocenters. The number of sulfonamides is 1. The molecule has 0 saturated heterocycles. The Hall–Kier alpha value is -2.74. The van der Waals surface area contributed by atoms with Crippen molar-refractivity contribution in [1.29, 1.82) is 0 Å². The van der Waals surface area contributed by atoms with E-state index in [1.807, 2.05) is 0 Å². The molecule has 0 spiro atoms. The first kappa shape index (κ1) is 16.1. The first-order valence-electron chi connectivity index (χ1n) is 7.07. The summed E-state index contributed by atoms with van der Waals surface area (Å²) in [5.41, 5.74) is 1.22. The Kier molecular flexibility index (Phi) is 3.84. The second-order valence-electron chi connectivity index (χ2n) is 5.23. The Morgan fingerprint density at radius 3 is 2.62 bits per heavy atom. The molecule has 0 aliphatic rings. The standard InChI is InChI=1S/C16H16N2O5S/c1-17-14-8-7-13(10-15(14)23-16(17)19)24(20,21)18(2)11-5-4-6-12(9-11)22-3/h4-10H,1-3H3. The van der Waals surface area contributed by atoms with Crippen molar-refractivity contribution in [2.24, 2.45) is 7.05 Å². The van der Waals surface area contributed by atoms with Crippen molar-refractivity contribution in [1.82, 2.24) is 4.57 Å². The van der Waals surface area contributed by atoms with Crippen LogP contribution in [-0.4, -0.2) is 27.1 Å². The molecule has 0 unspecified atom stereocenters. The van der Waals surface area contributed by atoms with Crippen LogP contribution in [0.1, 0.15) is 0 Å². The van der Waals surface area contributed by atoms with Crippen molar-refractivity contribution in [3.63, 3.8) is 0 Å². The molecular formula is C16H16N2O5S. The number of rotatable bonds is 4. The zero-order valence-corrected chi connectivity index (χ0v) is 14.2. The third-order valence-corrected chi connectivity index (χ3v) is 5.62. The van der Waals surface area contributed by atoms with Gasteiger partial charge in [0.05, 0.1) is 23.2 Å². The highest BCUT2D eigenvalue weighted by atomic mass is 32.2. The van der Waals surface area contributed by atoms with Gasteiger partial charge >= 0.3 is 5.76 Å². The number of methoxy groups -OCH3 is 1. The van der Waals surface area contributed by atoms with Gasteiger partial charge in [0.15, 0.2) is 5.58 Å². The molecule has 0 aliphatic carbocycles. The summed E-state index contributed by atoms with van der Waals surface area (Å²) in [5, 5.41) is 0. The zero-order chi connectivity index (χ0) is 17.5.